The Morgan fingerprint density at radius 2 is 1.86 bits per heavy atom. The lowest BCUT2D eigenvalue weighted by Crippen LogP contribution is -2.20. The molecule has 14 heavy (non-hydrogen) atoms. The number of benzene rings is 1. The number of anilines is 1. The molecule has 0 heterocycles. The number of rotatable bonds is 2. The maximum absolute atomic E-state index is 11.0. The van der Waals surface area contributed by atoms with Gasteiger partial charge in [-0.2, -0.15) is 0 Å². The Labute approximate surface area is 80.7 Å². The number of nitrogen functional groups attached to an aromatic ring is 1. The molecule has 0 saturated carbocycles. The fourth-order valence-electron chi connectivity index (χ4n) is 0.988. The van der Waals surface area contributed by atoms with Crippen LogP contribution in [-0.4, -0.2) is 14.3 Å². The third-order valence-corrected chi connectivity index (χ3v) is 2.54. The van der Waals surface area contributed by atoms with Crippen LogP contribution < -0.4 is 16.6 Å². The predicted molar refractivity (Wildman–Crippen MR) is 50.7 cm³/mol. The van der Waals surface area contributed by atoms with E-state index in [1.54, 1.807) is 0 Å². The van der Waals surface area contributed by atoms with E-state index in [-0.39, 0.29) is 16.1 Å². The van der Waals surface area contributed by atoms with Gasteiger partial charge in [0.05, 0.1) is 10.5 Å². The van der Waals surface area contributed by atoms with Gasteiger partial charge in [0.15, 0.2) is 0 Å². The van der Waals surface area contributed by atoms with Crippen LogP contribution in [0, 0.1) is 0 Å². The highest BCUT2D eigenvalue weighted by Gasteiger charge is 2.17. The number of primary amides is 1. The van der Waals surface area contributed by atoms with Gasteiger partial charge in [0.1, 0.15) is 0 Å². The van der Waals surface area contributed by atoms with Crippen LogP contribution in [0.2, 0.25) is 0 Å². The van der Waals surface area contributed by atoms with Crippen LogP contribution in [0.5, 0.6) is 0 Å². The largest absolute Gasteiger partial charge is 0.399 e. The monoisotopic (exact) mass is 215 g/mol. The van der Waals surface area contributed by atoms with Gasteiger partial charge in [0, 0.05) is 5.69 Å². The third-order valence-electron chi connectivity index (χ3n) is 1.58. The van der Waals surface area contributed by atoms with Crippen LogP contribution in [0.15, 0.2) is 23.1 Å². The van der Waals surface area contributed by atoms with Crippen molar-refractivity contribution < 1.29 is 13.2 Å². The molecule has 76 valence electrons. The van der Waals surface area contributed by atoms with Gasteiger partial charge in [-0.25, -0.2) is 13.6 Å². The fourth-order valence-corrected chi connectivity index (χ4v) is 1.71. The van der Waals surface area contributed by atoms with Gasteiger partial charge >= 0.3 is 0 Å². The molecule has 0 saturated heterocycles. The van der Waals surface area contributed by atoms with Gasteiger partial charge in [-0.3, -0.25) is 4.79 Å². The zero-order valence-corrected chi connectivity index (χ0v) is 7.91. The lowest BCUT2D eigenvalue weighted by atomic mass is 10.2. The summed E-state index contributed by atoms with van der Waals surface area (Å²) in [5, 5.41) is 4.87. The lowest BCUT2D eigenvalue weighted by molar-refractivity contribution is 0.0997. The first-order valence-corrected chi connectivity index (χ1v) is 5.09. The Kier molecular flexibility index (Phi) is 2.45. The molecule has 0 fully saturated rings. The highest BCUT2D eigenvalue weighted by Crippen LogP contribution is 2.16. The smallest absolute Gasteiger partial charge is 0.250 e. The standard InChI is InChI=1S/C7H9N3O3S/c8-4-1-2-6(14(10,12)13)5(3-4)7(9)11/h1-3H,8H2,(H2,9,11)(H2,10,12,13). The molecule has 0 radical (unpaired) electrons. The molecule has 1 aromatic rings. The number of amides is 1. The molecule has 0 aliphatic heterocycles. The second-order valence-electron chi connectivity index (χ2n) is 2.66. The molecule has 0 aromatic heterocycles. The fraction of sp³-hybridized carbons (Fsp3) is 0. The van der Waals surface area contributed by atoms with Gasteiger partial charge in [-0.05, 0) is 18.2 Å². The molecular weight excluding hydrogens is 206 g/mol. The summed E-state index contributed by atoms with van der Waals surface area (Å²) in [6, 6.07) is 3.64. The van der Waals surface area contributed by atoms with E-state index >= 15 is 0 Å². The summed E-state index contributed by atoms with van der Waals surface area (Å²) >= 11 is 0. The van der Waals surface area contributed by atoms with Gasteiger partial charge in [-0.1, -0.05) is 0 Å². The van der Waals surface area contributed by atoms with Gasteiger partial charge < -0.3 is 11.5 Å². The van der Waals surface area contributed by atoms with E-state index < -0.39 is 15.9 Å². The van der Waals surface area contributed by atoms with Crippen molar-refractivity contribution in [1.82, 2.24) is 0 Å². The molecule has 0 aliphatic carbocycles. The Morgan fingerprint density at radius 1 is 1.29 bits per heavy atom. The molecule has 6 nitrogen and oxygen atoms in total. The summed E-state index contributed by atoms with van der Waals surface area (Å²) in [4.78, 5) is 10.5. The molecule has 0 spiro atoms. The van der Waals surface area contributed by atoms with Gasteiger partial charge in [0.25, 0.3) is 0 Å². The van der Waals surface area contributed by atoms with E-state index in [0.29, 0.717) is 0 Å². The number of hydrogen-bond acceptors (Lipinski definition) is 4. The summed E-state index contributed by atoms with van der Waals surface area (Å²) in [7, 11) is -3.95. The van der Waals surface area contributed by atoms with E-state index in [1.165, 1.54) is 12.1 Å². The number of nitrogens with two attached hydrogens (primary N) is 3. The molecule has 1 rings (SSSR count). The summed E-state index contributed by atoms with van der Waals surface area (Å²) in [6.07, 6.45) is 0. The van der Waals surface area contributed by atoms with E-state index in [2.05, 4.69) is 0 Å². The average molecular weight is 215 g/mol. The quantitative estimate of drug-likeness (QED) is 0.547. The predicted octanol–water partition coefficient (Wildman–Crippen LogP) is -0.985. The summed E-state index contributed by atoms with van der Waals surface area (Å²) in [6.45, 7) is 0. The van der Waals surface area contributed by atoms with Crippen molar-refractivity contribution in [2.45, 2.75) is 4.90 Å². The van der Waals surface area contributed by atoms with Crippen LogP contribution in [0.4, 0.5) is 5.69 Å². The minimum atomic E-state index is -3.95. The maximum Gasteiger partial charge on any atom is 0.250 e. The topological polar surface area (TPSA) is 129 Å². The van der Waals surface area contributed by atoms with E-state index in [4.69, 9.17) is 16.6 Å². The molecule has 0 aliphatic rings. The normalized spacial score (nSPS) is 11.2. The van der Waals surface area contributed by atoms with Crippen LogP contribution in [0.3, 0.4) is 0 Å². The molecule has 6 N–H and O–H groups in total. The molecular formula is C7H9N3O3S. The van der Waals surface area contributed by atoms with Crippen molar-refractivity contribution in [1.29, 1.82) is 0 Å². The first-order chi connectivity index (χ1) is 6.32. The number of primary sulfonamides is 1. The Hall–Kier alpha value is -1.60. The van der Waals surface area contributed by atoms with Crippen molar-refractivity contribution in [3.8, 4) is 0 Å². The van der Waals surface area contributed by atoms with Crippen molar-refractivity contribution >= 4 is 21.6 Å². The molecule has 1 aromatic carbocycles. The van der Waals surface area contributed by atoms with E-state index in [0.717, 1.165) is 6.07 Å². The van der Waals surface area contributed by atoms with E-state index in [1.807, 2.05) is 0 Å². The molecule has 0 bridgehead atoms. The van der Waals surface area contributed by atoms with Crippen molar-refractivity contribution in [2.24, 2.45) is 10.9 Å². The third kappa shape index (κ3) is 2.01. The summed E-state index contributed by atoms with van der Waals surface area (Å²) in [5.41, 5.74) is 10.4. The average Bonchev–Trinajstić information content (AvgIpc) is 2.01. The van der Waals surface area contributed by atoms with E-state index in [9.17, 15) is 13.2 Å². The minimum absolute atomic E-state index is 0.201. The Bertz CT molecular complexity index is 481. The minimum Gasteiger partial charge on any atom is -0.399 e. The van der Waals surface area contributed by atoms with Crippen LogP contribution >= 0.6 is 0 Å². The maximum atomic E-state index is 11.0. The molecule has 0 atom stereocenters. The van der Waals surface area contributed by atoms with Crippen molar-refractivity contribution in [3.63, 3.8) is 0 Å². The second-order valence-corrected chi connectivity index (χ2v) is 4.19. The first-order valence-electron chi connectivity index (χ1n) is 3.54. The van der Waals surface area contributed by atoms with Crippen LogP contribution in [-0.2, 0) is 10.0 Å². The number of carbonyl (C=O) groups is 1. The molecule has 0 unspecified atom stereocenters. The Balaban J connectivity index is 3.53. The number of hydrogen-bond donors (Lipinski definition) is 3. The number of carbonyl (C=O) groups excluding carboxylic acids is 1. The second kappa shape index (κ2) is 3.28. The summed E-state index contributed by atoms with van der Waals surface area (Å²) in [5.74, 6) is -0.888. The van der Waals surface area contributed by atoms with Crippen LogP contribution in [0.25, 0.3) is 0 Å². The highest BCUT2D eigenvalue weighted by atomic mass is 32.2. The summed E-state index contributed by atoms with van der Waals surface area (Å²) < 4.78 is 22.0. The highest BCUT2D eigenvalue weighted by molar-refractivity contribution is 7.89. The first kappa shape index (κ1) is 10.5. The van der Waals surface area contributed by atoms with Gasteiger partial charge in [-0.15, -0.1) is 0 Å². The lowest BCUT2D eigenvalue weighted by Gasteiger charge is -2.04. The van der Waals surface area contributed by atoms with Crippen LogP contribution in [0.1, 0.15) is 10.4 Å². The van der Waals surface area contributed by atoms with Crippen molar-refractivity contribution in [3.05, 3.63) is 23.8 Å². The Morgan fingerprint density at radius 3 is 2.29 bits per heavy atom. The van der Waals surface area contributed by atoms with Gasteiger partial charge in [0.2, 0.25) is 15.9 Å². The van der Waals surface area contributed by atoms with Crippen molar-refractivity contribution in [2.75, 3.05) is 5.73 Å². The zero-order valence-electron chi connectivity index (χ0n) is 7.10. The zero-order chi connectivity index (χ0) is 10.9. The SMILES string of the molecule is NC(=O)c1cc(N)ccc1S(N)(=O)=O. The molecule has 7 heteroatoms. The molecule has 1 amide bonds. The number of sulfonamides is 1.